The second-order valence-electron chi connectivity index (χ2n) is 5.03. The van der Waals surface area contributed by atoms with Crippen LogP contribution in [-0.4, -0.2) is 14.8 Å². The Labute approximate surface area is 124 Å². The molecule has 21 heavy (non-hydrogen) atoms. The summed E-state index contributed by atoms with van der Waals surface area (Å²) in [6, 6.07) is 16.4. The van der Waals surface area contributed by atoms with Crippen molar-refractivity contribution in [2.75, 3.05) is 5.32 Å². The van der Waals surface area contributed by atoms with Crippen LogP contribution in [0.1, 0.15) is 24.2 Å². The molecule has 0 radical (unpaired) electrons. The van der Waals surface area contributed by atoms with Gasteiger partial charge in [-0.2, -0.15) is 5.10 Å². The van der Waals surface area contributed by atoms with Crippen LogP contribution in [0.25, 0.3) is 0 Å². The molecule has 1 atom stereocenters. The first kappa shape index (κ1) is 13.4. The van der Waals surface area contributed by atoms with E-state index in [1.807, 2.05) is 59.7 Å². The van der Waals surface area contributed by atoms with E-state index in [2.05, 4.69) is 34.5 Å². The van der Waals surface area contributed by atoms with Crippen molar-refractivity contribution in [3.05, 3.63) is 78.4 Å². The summed E-state index contributed by atoms with van der Waals surface area (Å²) in [7, 11) is 0. The van der Waals surface area contributed by atoms with E-state index in [0.29, 0.717) is 0 Å². The van der Waals surface area contributed by atoms with Gasteiger partial charge in [-0.05, 0) is 24.6 Å². The summed E-state index contributed by atoms with van der Waals surface area (Å²) in [6.07, 6.45) is 5.68. The Kier molecular flexibility index (Phi) is 3.96. The lowest BCUT2D eigenvalue weighted by Crippen LogP contribution is -2.07. The van der Waals surface area contributed by atoms with Gasteiger partial charge in [-0.25, -0.2) is 0 Å². The molecule has 1 N–H and O–H groups in total. The van der Waals surface area contributed by atoms with E-state index >= 15 is 0 Å². The maximum Gasteiger partial charge on any atom is 0.0731 e. The van der Waals surface area contributed by atoms with Crippen molar-refractivity contribution >= 4 is 5.69 Å². The summed E-state index contributed by atoms with van der Waals surface area (Å²) in [5.41, 5.74) is 3.27. The van der Waals surface area contributed by atoms with Crippen molar-refractivity contribution in [3.63, 3.8) is 0 Å². The fourth-order valence-electron chi connectivity index (χ4n) is 2.25. The molecule has 4 nitrogen and oxygen atoms in total. The van der Waals surface area contributed by atoms with Crippen LogP contribution in [-0.2, 0) is 6.54 Å². The molecule has 1 aromatic carbocycles. The first-order valence-electron chi connectivity index (χ1n) is 7.05. The van der Waals surface area contributed by atoms with Gasteiger partial charge in [-0.15, -0.1) is 0 Å². The number of nitrogens with zero attached hydrogens (tertiary/aromatic N) is 3. The quantitative estimate of drug-likeness (QED) is 0.776. The summed E-state index contributed by atoms with van der Waals surface area (Å²) < 4.78 is 1.93. The third-order valence-corrected chi connectivity index (χ3v) is 3.34. The summed E-state index contributed by atoms with van der Waals surface area (Å²) in [5, 5.41) is 7.81. The highest BCUT2D eigenvalue weighted by Crippen LogP contribution is 2.16. The maximum absolute atomic E-state index is 4.39. The topological polar surface area (TPSA) is 42.7 Å². The third kappa shape index (κ3) is 3.48. The average Bonchev–Trinajstić information content (AvgIpc) is 2.96. The standard InChI is InChI=1S/C17H18N4/c1-14(17-9-5-6-10-18-17)20-16-11-19-21(13-16)12-15-7-3-2-4-8-15/h2-11,13-14,20H,12H2,1H3. The maximum atomic E-state index is 4.39. The molecule has 3 rings (SSSR count). The van der Waals surface area contributed by atoms with Gasteiger partial charge in [0, 0.05) is 12.4 Å². The van der Waals surface area contributed by atoms with Gasteiger partial charge >= 0.3 is 0 Å². The van der Waals surface area contributed by atoms with Gasteiger partial charge in [0.25, 0.3) is 0 Å². The smallest absolute Gasteiger partial charge is 0.0731 e. The SMILES string of the molecule is CC(Nc1cnn(Cc2ccccc2)c1)c1ccccn1. The van der Waals surface area contributed by atoms with Gasteiger partial charge in [0.2, 0.25) is 0 Å². The van der Waals surface area contributed by atoms with Crippen molar-refractivity contribution in [2.45, 2.75) is 19.5 Å². The Balaban J connectivity index is 1.65. The van der Waals surface area contributed by atoms with Gasteiger partial charge in [0.05, 0.1) is 30.2 Å². The van der Waals surface area contributed by atoms with E-state index in [4.69, 9.17) is 0 Å². The Hall–Kier alpha value is -2.62. The van der Waals surface area contributed by atoms with E-state index < -0.39 is 0 Å². The van der Waals surface area contributed by atoms with Gasteiger partial charge in [0.1, 0.15) is 0 Å². The zero-order valence-corrected chi connectivity index (χ0v) is 12.0. The van der Waals surface area contributed by atoms with E-state index in [-0.39, 0.29) is 6.04 Å². The summed E-state index contributed by atoms with van der Waals surface area (Å²) in [6.45, 7) is 2.87. The van der Waals surface area contributed by atoms with Crippen LogP contribution >= 0.6 is 0 Å². The molecule has 0 aliphatic heterocycles. The minimum absolute atomic E-state index is 0.153. The lowest BCUT2D eigenvalue weighted by Gasteiger charge is -2.12. The molecule has 0 aliphatic rings. The Morgan fingerprint density at radius 3 is 2.67 bits per heavy atom. The van der Waals surface area contributed by atoms with E-state index in [1.54, 1.807) is 0 Å². The highest BCUT2D eigenvalue weighted by atomic mass is 15.3. The molecule has 0 fully saturated rings. The lowest BCUT2D eigenvalue weighted by atomic mass is 10.2. The molecule has 0 saturated heterocycles. The molecule has 0 aliphatic carbocycles. The van der Waals surface area contributed by atoms with Crippen LogP contribution in [0, 0.1) is 0 Å². The number of hydrogen-bond acceptors (Lipinski definition) is 3. The molecule has 4 heteroatoms. The molecule has 2 aromatic heterocycles. The van der Waals surface area contributed by atoms with Crippen molar-refractivity contribution < 1.29 is 0 Å². The third-order valence-electron chi connectivity index (χ3n) is 3.34. The minimum atomic E-state index is 0.153. The Bertz CT molecular complexity index is 676. The number of benzene rings is 1. The van der Waals surface area contributed by atoms with Crippen molar-refractivity contribution in [2.24, 2.45) is 0 Å². The second kappa shape index (κ2) is 6.22. The molecule has 0 amide bonds. The number of pyridine rings is 1. The Morgan fingerprint density at radius 1 is 1.10 bits per heavy atom. The molecule has 0 spiro atoms. The molecular formula is C17H18N4. The molecule has 1 unspecified atom stereocenters. The number of anilines is 1. The zero-order valence-electron chi connectivity index (χ0n) is 12.0. The van der Waals surface area contributed by atoms with Crippen LogP contribution in [0.5, 0.6) is 0 Å². The van der Waals surface area contributed by atoms with Gasteiger partial charge in [-0.3, -0.25) is 9.67 Å². The highest BCUT2D eigenvalue weighted by Gasteiger charge is 2.07. The van der Waals surface area contributed by atoms with Crippen molar-refractivity contribution in [3.8, 4) is 0 Å². The number of rotatable bonds is 5. The average molecular weight is 278 g/mol. The van der Waals surface area contributed by atoms with Crippen LogP contribution in [0.3, 0.4) is 0 Å². The zero-order chi connectivity index (χ0) is 14.5. The normalized spacial score (nSPS) is 12.0. The number of nitrogens with one attached hydrogen (secondary N) is 1. The Morgan fingerprint density at radius 2 is 1.90 bits per heavy atom. The fraction of sp³-hybridized carbons (Fsp3) is 0.176. The van der Waals surface area contributed by atoms with Crippen molar-refractivity contribution in [1.82, 2.24) is 14.8 Å². The van der Waals surface area contributed by atoms with Gasteiger partial charge in [0.15, 0.2) is 0 Å². The molecule has 3 aromatic rings. The minimum Gasteiger partial charge on any atom is -0.374 e. The van der Waals surface area contributed by atoms with Gasteiger partial charge in [-0.1, -0.05) is 36.4 Å². The summed E-state index contributed by atoms with van der Waals surface area (Å²) in [4.78, 5) is 4.36. The lowest BCUT2D eigenvalue weighted by molar-refractivity contribution is 0.687. The predicted molar refractivity (Wildman–Crippen MR) is 84.0 cm³/mol. The van der Waals surface area contributed by atoms with E-state index in [9.17, 15) is 0 Å². The van der Waals surface area contributed by atoms with E-state index in [1.165, 1.54) is 5.56 Å². The van der Waals surface area contributed by atoms with Crippen LogP contribution in [0.15, 0.2) is 67.1 Å². The molecule has 0 bridgehead atoms. The van der Waals surface area contributed by atoms with Crippen LogP contribution in [0.4, 0.5) is 5.69 Å². The predicted octanol–water partition coefficient (Wildman–Crippen LogP) is 3.50. The second-order valence-corrected chi connectivity index (χ2v) is 5.03. The van der Waals surface area contributed by atoms with Crippen LogP contribution in [0.2, 0.25) is 0 Å². The summed E-state index contributed by atoms with van der Waals surface area (Å²) >= 11 is 0. The number of aromatic nitrogens is 3. The summed E-state index contributed by atoms with van der Waals surface area (Å²) in [5.74, 6) is 0. The highest BCUT2D eigenvalue weighted by molar-refractivity contribution is 5.40. The van der Waals surface area contributed by atoms with Gasteiger partial charge < -0.3 is 5.32 Å². The number of hydrogen-bond donors (Lipinski definition) is 1. The fourth-order valence-corrected chi connectivity index (χ4v) is 2.25. The molecule has 2 heterocycles. The first-order chi connectivity index (χ1) is 10.3. The molecular weight excluding hydrogens is 260 g/mol. The molecule has 0 saturated carbocycles. The van der Waals surface area contributed by atoms with Crippen molar-refractivity contribution in [1.29, 1.82) is 0 Å². The first-order valence-corrected chi connectivity index (χ1v) is 7.05. The van der Waals surface area contributed by atoms with E-state index in [0.717, 1.165) is 17.9 Å². The van der Waals surface area contributed by atoms with Crippen LogP contribution < -0.4 is 5.32 Å². The monoisotopic (exact) mass is 278 g/mol. The molecule has 106 valence electrons. The largest absolute Gasteiger partial charge is 0.374 e.